The zero-order valence-electron chi connectivity index (χ0n) is 8.86. The van der Waals surface area contributed by atoms with E-state index in [-0.39, 0.29) is 12.6 Å². The Balaban J connectivity index is 2.93. The Kier molecular flexibility index (Phi) is 3.83. The highest BCUT2D eigenvalue weighted by molar-refractivity contribution is 5.37. The van der Waals surface area contributed by atoms with Crippen LogP contribution in [0.15, 0.2) is 12.4 Å². The SMILES string of the molecule is CC[C@H](CO)n1cc(OC)c(OC)c1. The Morgan fingerprint density at radius 1 is 1.29 bits per heavy atom. The Bertz CT molecular complexity index is 257. The van der Waals surface area contributed by atoms with Gasteiger partial charge in [0.1, 0.15) is 0 Å². The maximum absolute atomic E-state index is 9.12. The van der Waals surface area contributed by atoms with Gasteiger partial charge < -0.3 is 19.1 Å². The Hall–Kier alpha value is -1.16. The van der Waals surface area contributed by atoms with Crippen molar-refractivity contribution in [3.8, 4) is 11.5 Å². The molecule has 0 fully saturated rings. The van der Waals surface area contributed by atoms with Crippen molar-refractivity contribution < 1.29 is 14.6 Å². The Labute approximate surface area is 84.1 Å². The highest BCUT2D eigenvalue weighted by Gasteiger charge is 2.12. The summed E-state index contributed by atoms with van der Waals surface area (Å²) in [5.41, 5.74) is 0. The van der Waals surface area contributed by atoms with E-state index in [4.69, 9.17) is 14.6 Å². The molecule has 1 rings (SSSR count). The summed E-state index contributed by atoms with van der Waals surface area (Å²) in [7, 11) is 3.20. The first-order valence-electron chi connectivity index (χ1n) is 4.67. The summed E-state index contributed by atoms with van der Waals surface area (Å²) >= 11 is 0. The molecule has 0 bridgehead atoms. The van der Waals surface area contributed by atoms with Gasteiger partial charge in [-0.1, -0.05) is 6.92 Å². The van der Waals surface area contributed by atoms with Crippen LogP contribution in [0.4, 0.5) is 0 Å². The van der Waals surface area contributed by atoms with Gasteiger partial charge >= 0.3 is 0 Å². The first-order chi connectivity index (χ1) is 6.76. The van der Waals surface area contributed by atoms with Crippen molar-refractivity contribution in [1.82, 2.24) is 4.57 Å². The van der Waals surface area contributed by atoms with E-state index in [1.165, 1.54) is 0 Å². The minimum Gasteiger partial charge on any atom is -0.491 e. The van der Waals surface area contributed by atoms with E-state index < -0.39 is 0 Å². The maximum atomic E-state index is 9.12. The van der Waals surface area contributed by atoms with Gasteiger partial charge in [-0.2, -0.15) is 0 Å². The van der Waals surface area contributed by atoms with Gasteiger partial charge in [-0.3, -0.25) is 0 Å². The second-order valence-electron chi connectivity index (χ2n) is 3.09. The highest BCUT2D eigenvalue weighted by atomic mass is 16.5. The molecule has 0 unspecified atom stereocenters. The van der Waals surface area contributed by atoms with Crippen LogP contribution in [0.3, 0.4) is 0 Å². The second kappa shape index (κ2) is 4.91. The van der Waals surface area contributed by atoms with Gasteiger partial charge in [0.05, 0.1) is 39.3 Å². The second-order valence-corrected chi connectivity index (χ2v) is 3.09. The number of aromatic nitrogens is 1. The van der Waals surface area contributed by atoms with Crippen LogP contribution in [0, 0.1) is 0 Å². The first-order valence-corrected chi connectivity index (χ1v) is 4.67. The molecular formula is C10H17NO3. The van der Waals surface area contributed by atoms with Crippen LogP contribution in [0.1, 0.15) is 19.4 Å². The Morgan fingerprint density at radius 3 is 2.07 bits per heavy atom. The summed E-state index contributed by atoms with van der Waals surface area (Å²) in [5, 5.41) is 9.12. The van der Waals surface area contributed by atoms with Crippen LogP contribution < -0.4 is 9.47 Å². The fourth-order valence-electron chi connectivity index (χ4n) is 1.39. The average Bonchev–Trinajstić information content (AvgIpc) is 2.63. The third-order valence-corrected chi connectivity index (χ3v) is 2.32. The van der Waals surface area contributed by atoms with Crippen LogP contribution in [0.25, 0.3) is 0 Å². The minimum absolute atomic E-state index is 0.0906. The number of methoxy groups -OCH3 is 2. The van der Waals surface area contributed by atoms with E-state index >= 15 is 0 Å². The van der Waals surface area contributed by atoms with Crippen LogP contribution in [0.2, 0.25) is 0 Å². The minimum atomic E-state index is 0.0906. The summed E-state index contributed by atoms with van der Waals surface area (Å²) in [4.78, 5) is 0. The smallest absolute Gasteiger partial charge is 0.178 e. The van der Waals surface area contributed by atoms with Gasteiger partial charge in [0.2, 0.25) is 0 Å². The standard InChI is InChI=1S/C10H17NO3/c1-4-8(7-12)11-5-9(13-2)10(6-11)14-3/h5-6,8,12H,4,7H2,1-3H3/t8-/m1/s1. The maximum Gasteiger partial charge on any atom is 0.178 e. The molecule has 4 nitrogen and oxygen atoms in total. The van der Waals surface area contributed by atoms with Crippen LogP contribution >= 0.6 is 0 Å². The number of nitrogens with zero attached hydrogens (tertiary/aromatic N) is 1. The average molecular weight is 199 g/mol. The molecule has 1 N–H and O–H groups in total. The molecule has 0 aliphatic heterocycles. The topological polar surface area (TPSA) is 43.6 Å². The van der Waals surface area contributed by atoms with Crippen molar-refractivity contribution in [3.05, 3.63) is 12.4 Å². The molecule has 80 valence electrons. The van der Waals surface area contributed by atoms with Crippen LogP contribution in [-0.2, 0) is 0 Å². The lowest BCUT2D eigenvalue weighted by Crippen LogP contribution is -2.09. The predicted molar refractivity (Wildman–Crippen MR) is 53.9 cm³/mol. The predicted octanol–water partition coefficient (Wildman–Crippen LogP) is 1.45. The molecule has 0 saturated heterocycles. The molecule has 0 aliphatic rings. The van der Waals surface area contributed by atoms with Gasteiger partial charge in [0.15, 0.2) is 11.5 Å². The fourth-order valence-corrected chi connectivity index (χ4v) is 1.39. The van der Waals surface area contributed by atoms with Gasteiger partial charge in [0, 0.05) is 0 Å². The van der Waals surface area contributed by atoms with Crippen molar-refractivity contribution >= 4 is 0 Å². The molecule has 0 spiro atoms. The zero-order valence-corrected chi connectivity index (χ0v) is 8.86. The summed E-state index contributed by atoms with van der Waals surface area (Å²) in [6.07, 6.45) is 4.55. The summed E-state index contributed by atoms with van der Waals surface area (Å²) in [6.45, 7) is 2.15. The van der Waals surface area contributed by atoms with E-state index in [1.54, 1.807) is 14.2 Å². The summed E-state index contributed by atoms with van der Waals surface area (Å²) in [6, 6.07) is 0.0906. The van der Waals surface area contributed by atoms with Crippen molar-refractivity contribution in [2.24, 2.45) is 0 Å². The van der Waals surface area contributed by atoms with E-state index in [9.17, 15) is 0 Å². The number of hydrogen-bond acceptors (Lipinski definition) is 3. The molecule has 1 heterocycles. The Morgan fingerprint density at radius 2 is 1.79 bits per heavy atom. The van der Waals surface area contributed by atoms with Crippen molar-refractivity contribution in [3.63, 3.8) is 0 Å². The van der Waals surface area contributed by atoms with E-state index in [2.05, 4.69) is 0 Å². The van der Waals surface area contributed by atoms with Gasteiger partial charge in [-0.25, -0.2) is 0 Å². The number of hydrogen-bond donors (Lipinski definition) is 1. The van der Waals surface area contributed by atoms with E-state index in [0.29, 0.717) is 11.5 Å². The lowest BCUT2D eigenvalue weighted by atomic mass is 10.2. The molecule has 0 saturated carbocycles. The molecule has 0 aromatic carbocycles. The van der Waals surface area contributed by atoms with Crippen molar-refractivity contribution in [2.75, 3.05) is 20.8 Å². The number of aliphatic hydroxyl groups excluding tert-OH is 1. The quantitative estimate of drug-likeness (QED) is 0.780. The van der Waals surface area contributed by atoms with Crippen LogP contribution in [-0.4, -0.2) is 30.5 Å². The van der Waals surface area contributed by atoms with Gasteiger partial charge in [-0.05, 0) is 6.42 Å². The molecule has 0 amide bonds. The fraction of sp³-hybridized carbons (Fsp3) is 0.600. The molecule has 0 aliphatic carbocycles. The van der Waals surface area contributed by atoms with E-state index in [0.717, 1.165) is 6.42 Å². The molecule has 1 aromatic rings. The largest absolute Gasteiger partial charge is 0.491 e. The molecule has 0 radical (unpaired) electrons. The molecule has 1 aromatic heterocycles. The molecule has 4 heteroatoms. The van der Waals surface area contributed by atoms with Crippen molar-refractivity contribution in [2.45, 2.75) is 19.4 Å². The van der Waals surface area contributed by atoms with Gasteiger partial charge in [0.25, 0.3) is 0 Å². The summed E-state index contributed by atoms with van der Waals surface area (Å²) < 4.78 is 12.2. The lowest BCUT2D eigenvalue weighted by Gasteiger charge is -2.12. The molecule has 1 atom stereocenters. The lowest BCUT2D eigenvalue weighted by molar-refractivity contribution is 0.224. The molecular weight excluding hydrogens is 182 g/mol. The van der Waals surface area contributed by atoms with E-state index in [1.807, 2.05) is 23.9 Å². The monoisotopic (exact) mass is 199 g/mol. The number of rotatable bonds is 5. The third-order valence-electron chi connectivity index (χ3n) is 2.32. The highest BCUT2D eigenvalue weighted by Crippen LogP contribution is 2.30. The number of aliphatic hydroxyl groups is 1. The van der Waals surface area contributed by atoms with Crippen LogP contribution in [0.5, 0.6) is 11.5 Å². The summed E-state index contributed by atoms with van der Waals surface area (Å²) in [5.74, 6) is 1.39. The third kappa shape index (κ3) is 2.01. The molecule has 14 heavy (non-hydrogen) atoms. The zero-order chi connectivity index (χ0) is 10.6. The number of ether oxygens (including phenoxy) is 2. The normalized spacial score (nSPS) is 12.6. The first kappa shape index (κ1) is 10.9. The van der Waals surface area contributed by atoms with Crippen molar-refractivity contribution in [1.29, 1.82) is 0 Å². The van der Waals surface area contributed by atoms with Gasteiger partial charge in [-0.15, -0.1) is 0 Å².